The Hall–Kier alpha value is 0.470. The van der Waals surface area contributed by atoms with Gasteiger partial charge in [-0.25, -0.2) is 0 Å². The molecule has 0 heterocycles. The Morgan fingerprint density at radius 3 is 2.27 bits per heavy atom. The first-order valence-electron chi connectivity index (χ1n) is 6.30. The van der Waals surface area contributed by atoms with Crippen molar-refractivity contribution in [2.24, 2.45) is 17.8 Å². The smallest absolute Gasteiger partial charge is 0.000473 e. The van der Waals surface area contributed by atoms with Gasteiger partial charge in [-0.15, -0.1) is 6.58 Å². The van der Waals surface area contributed by atoms with Gasteiger partial charge in [0.25, 0.3) is 0 Å². The van der Waals surface area contributed by atoms with Crippen molar-refractivity contribution in [3.05, 3.63) is 12.7 Å². The summed E-state index contributed by atoms with van der Waals surface area (Å²) in [5, 5.41) is 0. The number of alkyl halides is 1. The van der Waals surface area contributed by atoms with Gasteiger partial charge in [0.1, 0.15) is 0 Å². The van der Waals surface area contributed by atoms with Crippen molar-refractivity contribution in [3.63, 3.8) is 0 Å². The van der Waals surface area contributed by atoms with Gasteiger partial charge in [0.15, 0.2) is 0 Å². The van der Waals surface area contributed by atoms with E-state index < -0.39 is 0 Å². The third-order valence-electron chi connectivity index (χ3n) is 3.33. The first kappa shape index (κ1) is 15.5. The summed E-state index contributed by atoms with van der Waals surface area (Å²) in [6.45, 7) is 11.0. The van der Waals surface area contributed by atoms with Crippen molar-refractivity contribution < 1.29 is 0 Å². The molecular formula is C14H27I. The highest BCUT2D eigenvalue weighted by atomic mass is 127. The van der Waals surface area contributed by atoms with Crippen LogP contribution in [0.5, 0.6) is 0 Å². The van der Waals surface area contributed by atoms with E-state index in [1.807, 2.05) is 0 Å². The standard InChI is InChI=1S/C14H27I/c1-5-6-10-14(12(2)3)13(4)9-7-8-11-15/h5,12-14H,1,6-11H2,2-4H3. The van der Waals surface area contributed by atoms with E-state index in [-0.39, 0.29) is 0 Å². The van der Waals surface area contributed by atoms with Gasteiger partial charge >= 0.3 is 0 Å². The van der Waals surface area contributed by atoms with Crippen LogP contribution in [-0.4, -0.2) is 4.43 Å². The van der Waals surface area contributed by atoms with E-state index in [0.717, 1.165) is 17.8 Å². The summed E-state index contributed by atoms with van der Waals surface area (Å²) in [4.78, 5) is 0. The number of halogens is 1. The minimum atomic E-state index is 0.819. The minimum Gasteiger partial charge on any atom is -0.103 e. The first-order valence-corrected chi connectivity index (χ1v) is 7.82. The zero-order valence-electron chi connectivity index (χ0n) is 10.6. The van der Waals surface area contributed by atoms with Gasteiger partial charge in [-0.1, -0.05) is 62.3 Å². The number of hydrogen-bond donors (Lipinski definition) is 0. The topological polar surface area (TPSA) is 0 Å². The van der Waals surface area contributed by atoms with Crippen LogP contribution in [0.4, 0.5) is 0 Å². The second kappa shape index (κ2) is 9.68. The SMILES string of the molecule is C=CCCC(C(C)C)C(C)CCCCI. The highest BCUT2D eigenvalue weighted by molar-refractivity contribution is 14.1. The van der Waals surface area contributed by atoms with Crippen molar-refractivity contribution in [2.45, 2.75) is 52.9 Å². The monoisotopic (exact) mass is 322 g/mol. The Kier molecular flexibility index (Phi) is 9.98. The van der Waals surface area contributed by atoms with E-state index >= 15 is 0 Å². The molecule has 0 rings (SSSR count). The van der Waals surface area contributed by atoms with E-state index in [2.05, 4.69) is 56.0 Å². The van der Waals surface area contributed by atoms with Gasteiger partial charge in [0.05, 0.1) is 0 Å². The number of unbranched alkanes of at least 4 members (excludes halogenated alkanes) is 1. The quantitative estimate of drug-likeness (QED) is 0.229. The maximum Gasteiger partial charge on any atom is -0.000473 e. The molecule has 1 heteroatoms. The molecule has 0 fully saturated rings. The van der Waals surface area contributed by atoms with Gasteiger partial charge in [-0.2, -0.15) is 0 Å². The average molecular weight is 322 g/mol. The van der Waals surface area contributed by atoms with Crippen LogP contribution >= 0.6 is 22.6 Å². The number of rotatable bonds is 9. The van der Waals surface area contributed by atoms with Crippen molar-refractivity contribution in [1.82, 2.24) is 0 Å². The van der Waals surface area contributed by atoms with Crippen LogP contribution in [0, 0.1) is 17.8 Å². The van der Waals surface area contributed by atoms with Gasteiger partial charge in [-0.3, -0.25) is 0 Å². The van der Waals surface area contributed by atoms with E-state index in [4.69, 9.17) is 0 Å². The second-order valence-corrected chi connectivity index (χ2v) is 6.01. The van der Waals surface area contributed by atoms with Gasteiger partial charge < -0.3 is 0 Å². The lowest BCUT2D eigenvalue weighted by atomic mass is 9.79. The zero-order valence-corrected chi connectivity index (χ0v) is 12.8. The molecule has 0 aromatic carbocycles. The van der Waals surface area contributed by atoms with E-state index in [1.165, 1.54) is 36.5 Å². The van der Waals surface area contributed by atoms with Gasteiger partial charge in [0, 0.05) is 0 Å². The Morgan fingerprint density at radius 2 is 1.80 bits per heavy atom. The summed E-state index contributed by atoms with van der Waals surface area (Å²) in [5.41, 5.74) is 0. The summed E-state index contributed by atoms with van der Waals surface area (Å²) in [5.74, 6) is 2.59. The van der Waals surface area contributed by atoms with Crippen LogP contribution in [0.2, 0.25) is 0 Å². The average Bonchev–Trinajstić information content (AvgIpc) is 2.18. The molecule has 0 aliphatic rings. The summed E-state index contributed by atoms with van der Waals surface area (Å²) in [6, 6.07) is 0. The van der Waals surface area contributed by atoms with Crippen molar-refractivity contribution in [1.29, 1.82) is 0 Å². The fourth-order valence-electron chi connectivity index (χ4n) is 2.36. The fourth-order valence-corrected chi connectivity index (χ4v) is 2.90. The van der Waals surface area contributed by atoms with E-state index in [1.54, 1.807) is 0 Å². The molecular weight excluding hydrogens is 295 g/mol. The van der Waals surface area contributed by atoms with Crippen molar-refractivity contribution in [2.75, 3.05) is 4.43 Å². The third-order valence-corrected chi connectivity index (χ3v) is 4.10. The molecule has 0 saturated heterocycles. The molecule has 0 aromatic heterocycles. The van der Waals surface area contributed by atoms with Crippen LogP contribution in [-0.2, 0) is 0 Å². The number of allylic oxidation sites excluding steroid dienone is 1. The minimum absolute atomic E-state index is 0.819. The maximum absolute atomic E-state index is 3.83. The Bertz CT molecular complexity index is 151. The largest absolute Gasteiger partial charge is 0.103 e. The van der Waals surface area contributed by atoms with Crippen LogP contribution in [0.15, 0.2) is 12.7 Å². The zero-order chi connectivity index (χ0) is 11.7. The Labute approximate surface area is 110 Å². The normalized spacial score (nSPS) is 15.3. The predicted octanol–water partition coefficient (Wildman–Crippen LogP) is 5.47. The molecule has 15 heavy (non-hydrogen) atoms. The molecule has 0 aromatic rings. The molecule has 0 N–H and O–H groups in total. The molecule has 0 aliphatic heterocycles. The van der Waals surface area contributed by atoms with Crippen LogP contribution in [0.1, 0.15) is 52.9 Å². The molecule has 0 saturated carbocycles. The molecule has 0 nitrogen and oxygen atoms in total. The summed E-state index contributed by atoms with van der Waals surface area (Å²) >= 11 is 2.47. The lowest BCUT2D eigenvalue weighted by Crippen LogP contribution is -2.17. The number of hydrogen-bond acceptors (Lipinski definition) is 0. The Balaban J connectivity index is 3.92. The van der Waals surface area contributed by atoms with Gasteiger partial charge in [0.2, 0.25) is 0 Å². The Morgan fingerprint density at radius 1 is 1.13 bits per heavy atom. The first-order chi connectivity index (χ1) is 7.13. The maximum atomic E-state index is 3.83. The molecule has 0 aliphatic carbocycles. The molecule has 0 radical (unpaired) electrons. The third kappa shape index (κ3) is 7.37. The molecule has 0 bridgehead atoms. The molecule has 2 atom stereocenters. The van der Waals surface area contributed by atoms with Crippen LogP contribution in [0.25, 0.3) is 0 Å². The van der Waals surface area contributed by atoms with Crippen LogP contribution < -0.4 is 0 Å². The highest BCUT2D eigenvalue weighted by Crippen LogP contribution is 2.29. The molecule has 90 valence electrons. The summed E-state index contributed by atoms with van der Waals surface area (Å²) in [6.07, 6.45) is 8.76. The summed E-state index contributed by atoms with van der Waals surface area (Å²) in [7, 11) is 0. The molecule has 0 spiro atoms. The lowest BCUT2D eigenvalue weighted by molar-refractivity contribution is 0.239. The molecule has 0 amide bonds. The predicted molar refractivity (Wildman–Crippen MR) is 79.7 cm³/mol. The van der Waals surface area contributed by atoms with Crippen molar-refractivity contribution in [3.8, 4) is 0 Å². The second-order valence-electron chi connectivity index (χ2n) is 4.94. The van der Waals surface area contributed by atoms with Crippen molar-refractivity contribution >= 4 is 22.6 Å². The summed E-state index contributed by atoms with van der Waals surface area (Å²) < 4.78 is 1.31. The highest BCUT2D eigenvalue weighted by Gasteiger charge is 2.19. The van der Waals surface area contributed by atoms with Crippen LogP contribution in [0.3, 0.4) is 0 Å². The van der Waals surface area contributed by atoms with E-state index in [0.29, 0.717) is 0 Å². The van der Waals surface area contributed by atoms with E-state index in [9.17, 15) is 0 Å². The molecule has 2 unspecified atom stereocenters. The lowest BCUT2D eigenvalue weighted by Gasteiger charge is -2.27. The fraction of sp³-hybridized carbons (Fsp3) is 0.857. The van der Waals surface area contributed by atoms with Gasteiger partial charge in [-0.05, 0) is 41.4 Å².